The number of hydrogen-bond acceptors (Lipinski definition) is 4. The van der Waals surface area contributed by atoms with Crippen molar-refractivity contribution in [2.75, 3.05) is 13.1 Å². The fourth-order valence-electron chi connectivity index (χ4n) is 2.78. The van der Waals surface area contributed by atoms with Gasteiger partial charge in [-0.3, -0.25) is 0 Å². The van der Waals surface area contributed by atoms with Crippen molar-refractivity contribution in [1.82, 2.24) is 20.4 Å². The van der Waals surface area contributed by atoms with E-state index in [9.17, 15) is 9.18 Å². The smallest absolute Gasteiger partial charge is 0.317 e. The van der Waals surface area contributed by atoms with Crippen LogP contribution in [0.1, 0.15) is 38.5 Å². The average Bonchev–Trinajstić information content (AvgIpc) is 3.05. The minimum atomic E-state index is -0.300. The maximum atomic E-state index is 13.0. The van der Waals surface area contributed by atoms with E-state index < -0.39 is 0 Å². The second-order valence-electron chi connectivity index (χ2n) is 6.32. The third kappa shape index (κ3) is 3.72. The van der Waals surface area contributed by atoms with Crippen molar-refractivity contribution in [3.05, 3.63) is 36.0 Å². The van der Waals surface area contributed by atoms with Crippen molar-refractivity contribution in [3.8, 4) is 11.5 Å². The van der Waals surface area contributed by atoms with Crippen LogP contribution in [-0.2, 0) is 0 Å². The molecule has 2 aromatic rings. The van der Waals surface area contributed by atoms with Crippen molar-refractivity contribution in [3.63, 3.8) is 0 Å². The summed E-state index contributed by atoms with van der Waals surface area (Å²) in [4.78, 5) is 13.8. The van der Waals surface area contributed by atoms with Crippen LogP contribution in [0.25, 0.3) is 11.5 Å². The van der Waals surface area contributed by atoms with Crippen LogP contribution >= 0.6 is 0 Å². The maximum absolute atomic E-state index is 13.0. The molecule has 0 unspecified atom stereocenters. The van der Waals surface area contributed by atoms with Gasteiger partial charge in [-0.05, 0) is 51.0 Å². The summed E-state index contributed by atoms with van der Waals surface area (Å²) >= 11 is 0. The van der Waals surface area contributed by atoms with Gasteiger partial charge in [0.25, 0.3) is 0 Å². The highest BCUT2D eigenvalue weighted by molar-refractivity contribution is 5.74. The van der Waals surface area contributed by atoms with Gasteiger partial charge in [-0.25, -0.2) is 9.18 Å². The van der Waals surface area contributed by atoms with E-state index in [0.29, 0.717) is 30.4 Å². The van der Waals surface area contributed by atoms with Crippen LogP contribution in [0.4, 0.5) is 9.18 Å². The van der Waals surface area contributed by atoms with Crippen LogP contribution in [0.2, 0.25) is 0 Å². The molecule has 1 aromatic heterocycles. The first-order valence-corrected chi connectivity index (χ1v) is 8.17. The second-order valence-corrected chi connectivity index (χ2v) is 6.32. The minimum absolute atomic E-state index is 0.0269. The van der Waals surface area contributed by atoms with Crippen molar-refractivity contribution in [2.24, 2.45) is 0 Å². The Morgan fingerprint density at radius 1 is 1.25 bits per heavy atom. The van der Waals surface area contributed by atoms with Gasteiger partial charge in [0.15, 0.2) is 0 Å². The number of likely N-dealkylation sites (tertiary alicyclic amines) is 1. The van der Waals surface area contributed by atoms with Gasteiger partial charge in [0.1, 0.15) is 5.82 Å². The molecular weight excluding hydrogens is 311 g/mol. The molecule has 0 saturated carbocycles. The lowest BCUT2D eigenvalue weighted by molar-refractivity contribution is 0.175. The Morgan fingerprint density at radius 3 is 2.54 bits per heavy atom. The number of benzene rings is 1. The van der Waals surface area contributed by atoms with Crippen LogP contribution in [0, 0.1) is 5.82 Å². The predicted molar refractivity (Wildman–Crippen MR) is 86.9 cm³/mol. The molecule has 0 atom stereocenters. The van der Waals surface area contributed by atoms with Gasteiger partial charge in [0.05, 0.1) is 0 Å². The maximum Gasteiger partial charge on any atom is 0.317 e. The Morgan fingerprint density at radius 2 is 1.92 bits per heavy atom. The Hall–Kier alpha value is -2.44. The molecule has 0 radical (unpaired) electrons. The minimum Gasteiger partial charge on any atom is -0.420 e. The summed E-state index contributed by atoms with van der Waals surface area (Å²) in [7, 11) is 0. The molecule has 0 bridgehead atoms. The average molecular weight is 332 g/mol. The highest BCUT2D eigenvalue weighted by Crippen LogP contribution is 2.29. The fraction of sp³-hybridized carbons (Fsp3) is 0.471. The molecule has 1 fully saturated rings. The zero-order valence-electron chi connectivity index (χ0n) is 13.8. The van der Waals surface area contributed by atoms with Gasteiger partial charge in [0, 0.05) is 30.6 Å². The van der Waals surface area contributed by atoms with E-state index >= 15 is 0 Å². The zero-order chi connectivity index (χ0) is 17.1. The second kappa shape index (κ2) is 6.98. The topological polar surface area (TPSA) is 71.3 Å². The molecule has 1 saturated heterocycles. The van der Waals surface area contributed by atoms with E-state index in [-0.39, 0.29) is 23.8 Å². The molecule has 2 heterocycles. The molecule has 1 aliphatic heterocycles. The van der Waals surface area contributed by atoms with E-state index in [0.717, 1.165) is 12.8 Å². The molecule has 2 amide bonds. The molecular formula is C17H21FN4O2. The van der Waals surface area contributed by atoms with Gasteiger partial charge in [-0.1, -0.05) is 0 Å². The molecule has 24 heavy (non-hydrogen) atoms. The van der Waals surface area contributed by atoms with E-state index in [1.165, 1.54) is 12.1 Å². The number of rotatable bonds is 3. The van der Waals surface area contributed by atoms with Crippen molar-refractivity contribution in [2.45, 2.75) is 38.6 Å². The third-order valence-corrected chi connectivity index (χ3v) is 4.08. The number of urea groups is 1. The van der Waals surface area contributed by atoms with Crippen molar-refractivity contribution >= 4 is 6.03 Å². The molecule has 0 aliphatic carbocycles. The highest BCUT2D eigenvalue weighted by atomic mass is 19.1. The number of carbonyl (C=O) groups is 1. The van der Waals surface area contributed by atoms with E-state index in [4.69, 9.17) is 4.42 Å². The monoisotopic (exact) mass is 332 g/mol. The number of amides is 2. The number of carbonyl (C=O) groups excluding carboxylic acids is 1. The summed E-state index contributed by atoms with van der Waals surface area (Å²) in [5.74, 6) is 0.823. The Bertz CT molecular complexity index is 691. The summed E-state index contributed by atoms with van der Waals surface area (Å²) in [5.41, 5.74) is 0.698. The summed E-state index contributed by atoms with van der Waals surface area (Å²) in [6.45, 7) is 5.22. The molecule has 0 spiro atoms. The molecule has 1 aliphatic rings. The number of hydrogen-bond donors (Lipinski definition) is 1. The molecule has 1 N–H and O–H groups in total. The number of nitrogens with zero attached hydrogens (tertiary/aromatic N) is 3. The van der Waals surface area contributed by atoms with Crippen LogP contribution in [0.15, 0.2) is 28.7 Å². The largest absolute Gasteiger partial charge is 0.420 e. The lowest BCUT2D eigenvalue weighted by Gasteiger charge is -2.31. The summed E-state index contributed by atoms with van der Waals surface area (Å²) in [6, 6.07) is 6.07. The lowest BCUT2D eigenvalue weighted by atomic mass is 9.97. The molecule has 128 valence electrons. The Labute approximate surface area is 140 Å². The summed E-state index contributed by atoms with van der Waals surface area (Å²) < 4.78 is 18.7. The molecule has 6 nitrogen and oxygen atoms in total. The fourth-order valence-corrected chi connectivity index (χ4v) is 2.78. The lowest BCUT2D eigenvalue weighted by Crippen LogP contribution is -2.46. The highest BCUT2D eigenvalue weighted by Gasteiger charge is 2.27. The quantitative estimate of drug-likeness (QED) is 0.937. The molecule has 3 rings (SSSR count). The molecule has 1 aromatic carbocycles. The van der Waals surface area contributed by atoms with Gasteiger partial charge in [-0.2, -0.15) is 0 Å². The molecule has 7 heteroatoms. The van der Waals surface area contributed by atoms with Crippen molar-refractivity contribution in [1.29, 1.82) is 0 Å². The van der Waals surface area contributed by atoms with E-state index in [1.54, 1.807) is 12.1 Å². The van der Waals surface area contributed by atoms with Crippen molar-refractivity contribution < 1.29 is 13.6 Å². The van der Waals surface area contributed by atoms with Crippen LogP contribution in [0.5, 0.6) is 0 Å². The number of halogens is 1. The van der Waals surface area contributed by atoms with Gasteiger partial charge in [0.2, 0.25) is 11.8 Å². The summed E-state index contributed by atoms with van der Waals surface area (Å²) in [6.07, 6.45) is 1.58. The Kier molecular flexibility index (Phi) is 4.78. The van der Waals surface area contributed by atoms with Gasteiger partial charge in [-0.15, -0.1) is 10.2 Å². The van der Waals surface area contributed by atoms with E-state index in [2.05, 4.69) is 15.5 Å². The third-order valence-electron chi connectivity index (χ3n) is 4.08. The number of piperidine rings is 1. The normalized spacial score (nSPS) is 15.8. The number of nitrogens with one attached hydrogen (secondary N) is 1. The first-order valence-electron chi connectivity index (χ1n) is 8.17. The standard InChI is InChI=1S/C17H21FN4O2/c1-11(2)19-17(23)22-9-7-13(8-10-22)16-21-20-15(24-16)12-3-5-14(18)6-4-12/h3-6,11,13H,7-10H2,1-2H3,(H,19,23). The van der Waals surface area contributed by atoms with Gasteiger partial charge < -0.3 is 14.6 Å². The SMILES string of the molecule is CC(C)NC(=O)N1CCC(c2nnc(-c3ccc(F)cc3)o2)CC1. The first-order chi connectivity index (χ1) is 11.5. The van der Waals surface area contributed by atoms with Crippen LogP contribution in [0.3, 0.4) is 0 Å². The summed E-state index contributed by atoms with van der Waals surface area (Å²) in [5, 5.41) is 11.1. The first kappa shape index (κ1) is 16.4. The van der Waals surface area contributed by atoms with Crippen LogP contribution in [-0.4, -0.2) is 40.3 Å². The number of aromatic nitrogens is 2. The predicted octanol–water partition coefficient (Wildman–Crippen LogP) is 3.17. The van der Waals surface area contributed by atoms with Gasteiger partial charge >= 0.3 is 6.03 Å². The Balaban J connectivity index is 1.61. The van der Waals surface area contributed by atoms with Crippen LogP contribution < -0.4 is 5.32 Å². The van der Waals surface area contributed by atoms with E-state index in [1.807, 2.05) is 18.7 Å². The zero-order valence-corrected chi connectivity index (χ0v) is 13.8.